The topological polar surface area (TPSA) is 76.0 Å². The molecule has 7 heteroatoms. The Kier molecular flexibility index (Phi) is 5.88. The number of hydrogen-bond acceptors (Lipinski definition) is 4. The lowest BCUT2D eigenvalue weighted by atomic mass is 10.2. The van der Waals surface area contributed by atoms with Crippen LogP contribution in [0.15, 0.2) is 6.20 Å². The van der Waals surface area contributed by atoms with Gasteiger partial charge < -0.3 is 10.6 Å². The summed E-state index contributed by atoms with van der Waals surface area (Å²) >= 11 is 4.06. The average Bonchev–Trinajstić information content (AvgIpc) is 2.73. The van der Waals surface area contributed by atoms with Gasteiger partial charge in [-0.3, -0.25) is 14.3 Å². The Hall–Kier alpha value is -1.50. The summed E-state index contributed by atoms with van der Waals surface area (Å²) in [5, 5.41) is 9.64. The van der Waals surface area contributed by atoms with Crippen LogP contribution in [0.2, 0.25) is 0 Å². The number of amides is 2. The molecular weight excluding hydrogens is 264 g/mol. The fourth-order valence-corrected chi connectivity index (χ4v) is 2.03. The molecule has 1 heterocycles. The van der Waals surface area contributed by atoms with Gasteiger partial charge in [0, 0.05) is 38.0 Å². The van der Waals surface area contributed by atoms with Crippen LogP contribution >= 0.6 is 12.6 Å². The average molecular weight is 284 g/mol. The summed E-state index contributed by atoms with van der Waals surface area (Å²) in [7, 11) is 1.85. The van der Waals surface area contributed by atoms with E-state index in [1.165, 1.54) is 6.92 Å². The predicted molar refractivity (Wildman–Crippen MR) is 75.9 cm³/mol. The number of nitrogens with one attached hydrogen (secondary N) is 2. The summed E-state index contributed by atoms with van der Waals surface area (Å²) in [5.74, 6) is -0.222. The van der Waals surface area contributed by atoms with E-state index in [1.807, 2.05) is 20.2 Å². The second-order valence-corrected chi connectivity index (χ2v) is 4.65. The smallest absolute Gasteiger partial charge is 0.243 e. The molecular formula is C12H20N4O2S. The van der Waals surface area contributed by atoms with Crippen LogP contribution in [0.25, 0.3) is 0 Å². The molecule has 1 unspecified atom stereocenters. The number of carbonyl (C=O) groups is 2. The van der Waals surface area contributed by atoms with Crippen LogP contribution in [-0.4, -0.2) is 33.4 Å². The Bertz CT molecular complexity index is 459. The van der Waals surface area contributed by atoms with E-state index in [1.54, 1.807) is 4.68 Å². The van der Waals surface area contributed by atoms with Gasteiger partial charge in [0.1, 0.15) is 6.04 Å². The maximum atomic E-state index is 11.9. The first-order valence-electron chi connectivity index (χ1n) is 6.15. The van der Waals surface area contributed by atoms with E-state index in [4.69, 9.17) is 0 Å². The highest BCUT2D eigenvalue weighted by Crippen LogP contribution is 2.06. The summed E-state index contributed by atoms with van der Waals surface area (Å²) in [5.41, 5.74) is 1.95. The summed E-state index contributed by atoms with van der Waals surface area (Å²) in [6.45, 7) is 3.79. The number of nitrogens with zero attached hydrogens (tertiary/aromatic N) is 2. The van der Waals surface area contributed by atoms with E-state index in [9.17, 15) is 9.59 Å². The van der Waals surface area contributed by atoms with Gasteiger partial charge in [0.15, 0.2) is 0 Å². The largest absolute Gasteiger partial charge is 0.350 e. The lowest BCUT2D eigenvalue weighted by Gasteiger charge is -2.15. The van der Waals surface area contributed by atoms with Crippen molar-refractivity contribution in [2.45, 2.75) is 32.9 Å². The third-order valence-corrected chi connectivity index (χ3v) is 3.02. The van der Waals surface area contributed by atoms with Crippen LogP contribution in [0.4, 0.5) is 0 Å². The van der Waals surface area contributed by atoms with Crippen LogP contribution in [-0.2, 0) is 29.6 Å². The lowest BCUT2D eigenvalue weighted by Crippen LogP contribution is -2.47. The van der Waals surface area contributed by atoms with Gasteiger partial charge in [-0.2, -0.15) is 17.7 Å². The Morgan fingerprint density at radius 3 is 2.74 bits per heavy atom. The van der Waals surface area contributed by atoms with E-state index in [0.717, 1.165) is 17.7 Å². The monoisotopic (exact) mass is 284 g/mol. The molecule has 0 aromatic carbocycles. The Morgan fingerprint density at radius 2 is 2.21 bits per heavy atom. The van der Waals surface area contributed by atoms with Gasteiger partial charge in [0.25, 0.3) is 0 Å². The third-order valence-electron chi connectivity index (χ3n) is 2.66. The van der Waals surface area contributed by atoms with E-state index < -0.39 is 6.04 Å². The van der Waals surface area contributed by atoms with Crippen molar-refractivity contribution in [1.82, 2.24) is 20.4 Å². The molecule has 0 fully saturated rings. The molecule has 0 saturated heterocycles. The standard InChI is InChI=1S/C12H20N4O2S/c1-4-10-9(6-16(3)15-10)5-13-12(18)11(7-19)14-8(2)17/h6,11,19H,4-5,7H2,1-3H3,(H,13,18)(H,14,17). The fourth-order valence-electron chi connectivity index (χ4n) is 1.77. The number of thiol groups is 1. The summed E-state index contributed by atoms with van der Waals surface area (Å²) in [6, 6.07) is -0.609. The van der Waals surface area contributed by atoms with Crippen molar-refractivity contribution in [2.75, 3.05) is 5.75 Å². The molecule has 1 atom stereocenters. The first kappa shape index (κ1) is 15.6. The van der Waals surface area contributed by atoms with E-state index in [0.29, 0.717) is 6.54 Å². The molecule has 0 aliphatic rings. The summed E-state index contributed by atoms with van der Waals surface area (Å²) in [4.78, 5) is 22.8. The molecule has 1 aromatic heterocycles. The molecule has 0 bridgehead atoms. The van der Waals surface area contributed by atoms with Gasteiger partial charge in [0.2, 0.25) is 11.8 Å². The normalized spacial score (nSPS) is 12.0. The van der Waals surface area contributed by atoms with Gasteiger partial charge in [-0.15, -0.1) is 0 Å². The van der Waals surface area contributed by atoms with Gasteiger partial charge in [-0.05, 0) is 6.42 Å². The van der Waals surface area contributed by atoms with Crippen molar-refractivity contribution in [1.29, 1.82) is 0 Å². The van der Waals surface area contributed by atoms with Crippen molar-refractivity contribution >= 4 is 24.4 Å². The minimum Gasteiger partial charge on any atom is -0.350 e. The second kappa shape index (κ2) is 7.18. The fraction of sp³-hybridized carbons (Fsp3) is 0.583. The molecule has 1 rings (SSSR count). The first-order valence-corrected chi connectivity index (χ1v) is 6.78. The number of hydrogen-bond donors (Lipinski definition) is 3. The number of carbonyl (C=O) groups excluding carboxylic acids is 2. The minimum absolute atomic E-state index is 0.240. The zero-order valence-corrected chi connectivity index (χ0v) is 12.3. The Morgan fingerprint density at radius 1 is 1.53 bits per heavy atom. The van der Waals surface area contributed by atoms with Crippen LogP contribution in [0, 0.1) is 0 Å². The molecule has 106 valence electrons. The molecule has 19 heavy (non-hydrogen) atoms. The van der Waals surface area contributed by atoms with Crippen LogP contribution in [0.1, 0.15) is 25.1 Å². The number of aromatic nitrogens is 2. The number of aryl methyl sites for hydroxylation is 2. The van der Waals surface area contributed by atoms with E-state index >= 15 is 0 Å². The highest BCUT2D eigenvalue weighted by atomic mass is 32.1. The molecule has 2 N–H and O–H groups in total. The molecule has 1 aromatic rings. The molecule has 0 aliphatic heterocycles. The quantitative estimate of drug-likeness (QED) is 0.645. The van der Waals surface area contributed by atoms with Crippen molar-refractivity contribution in [3.8, 4) is 0 Å². The molecule has 0 spiro atoms. The van der Waals surface area contributed by atoms with Crippen molar-refractivity contribution in [2.24, 2.45) is 7.05 Å². The molecule has 6 nitrogen and oxygen atoms in total. The van der Waals surface area contributed by atoms with Crippen LogP contribution < -0.4 is 10.6 Å². The van der Waals surface area contributed by atoms with Crippen LogP contribution in [0.5, 0.6) is 0 Å². The molecule has 0 aliphatic carbocycles. The molecule has 2 amide bonds. The zero-order chi connectivity index (χ0) is 14.4. The van der Waals surface area contributed by atoms with Crippen molar-refractivity contribution in [3.63, 3.8) is 0 Å². The van der Waals surface area contributed by atoms with Gasteiger partial charge >= 0.3 is 0 Å². The lowest BCUT2D eigenvalue weighted by molar-refractivity contribution is -0.127. The maximum absolute atomic E-state index is 11.9. The van der Waals surface area contributed by atoms with Crippen molar-refractivity contribution < 1.29 is 9.59 Å². The van der Waals surface area contributed by atoms with Gasteiger partial charge in [-0.1, -0.05) is 6.92 Å². The SMILES string of the molecule is CCc1nn(C)cc1CNC(=O)C(CS)NC(C)=O. The van der Waals surface area contributed by atoms with Gasteiger partial charge in [-0.25, -0.2) is 0 Å². The molecule has 0 saturated carbocycles. The zero-order valence-electron chi connectivity index (χ0n) is 11.4. The highest BCUT2D eigenvalue weighted by molar-refractivity contribution is 7.80. The minimum atomic E-state index is -0.609. The highest BCUT2D eigenvalue weighted by Gasteiger charge is 2.17. The Labute approximate surface area is 118 Å². The summed E-state index contributed by atoms with van der Waals surface area (Å²) < 4.78 is 1.73. The maximum Gasteiger partial charge on any atom is 0.243 e. The van der Waals surface area contributed by atoms with E-state index in [-0.39, 0.29) is 17.6 Å². The first-order chi connectivity index (χ1) is 8.97. The summed E-state index contributed by atoms with van der Waals surface area (Å²) in [6.07, 6.45) is 2.70. The molecule has 0 radical (unpaired) electrons. The van der Waals surface area contributed by atoms with E-state index in [2.05, 4.69) is 28.4 Å². The van der Waals surface area contributed by atoms with Crippen molar-refractivity contribution in [3.05, 3.63) is 17.5 Å². The second-order valence-electron chi connectivity index (χ2n) is 4.28. The Balaban J connectivity index is 2.59. The third kappa shape index (κ3) is 4.59. The number of rotatable bonds is 6. The van der Waals surface area contributed by atoms with Gasteiger partial charge in [0.05, 0.1) is 5.69 Å². The van der Waals surface area contributed by atoms with Crippen LogP contribution in [0.3, 0.4) is 0 Å². The predicted octanol–water partition coefficient (Wildman–Crippen LogP) is 0.0332.